The number of nitrogens with two attached hydrogens (primary N) is 1. The van der Waals surface area contributed by atoms with E-state index in [9.17, 15) is 4.79 Å². The quantitative estimate of drug-likeness (QED) is 0.492. The van der Waals surface area contributed by atoms with E-state index in [1.54, 1.807) is 0 Å². The average Bonchev–Trinajstić information content (AvgIpc) is 2.75. The Balaban J connectivity index is 1.74. The maximum absolute atomic E-state index is 11.0. The first-order valence-electron chi connectivity index (χ1n) is 10.1. The average molecular weight is 392 g/mol. The number of carbonyl (C=O) groups is 1. The van der Waals surface area contributed by atoms with Crippen LogP contribution in [0.5, 0.6) is 5.75 Å². The van der Waals surface area contributed by atoms with Crippen LogP contribution in [0.4, 0.5) is 5.69 Å². The SMILES string of the molecule is CC(Oc1cccc(-c2cccc(N=CC(=CN)C(=O)O)c2)c1)C1CCCCC1. The summed E-state index contributed by atoms with van der Waals surface area (Å²) in [5, 5.41) is 9.03. The molecule has 1 aliphatic rings. The second kappa shape index (κ2) is 9.92. The smallest absolute Gasteiger partial charge is 0.338 e. The molecule has 5 heteroatoms. The zero-order valence-electron chi connectivity index (χ0n) is 16.8. The molecular weight excluding hydrogens is 364 g/mol. The molecule has 0 aliphatic heterocycles. The molecule has 0 heterocycles. The van der Waals surface area contributed by atoms with Crippen molar-refractivity contribution in [2.24, 2.45) is 16.6 Å². The Bertz CT molecular complexity index is 899. The van der Waals surface area contributed by atoms with Crippen LogP contribution < -0.4 is 10.5 Å². The second-order valence-electron chi connectivity index (χ2n) is 7.48. The van der Waals surface area contributed by atoms with E-state index in [0.717, 1.165) is 23.1 Å². The number of rotatable bonds is 7. The summed E-state index contributed by atoms with van der Waals surface area (Å²) in [7, 11) is 0. The Morgan fingerprint density at radius 3 is 2.52 bits per heavy atom. The summed E-state index contributed by atoms with van der Waals surface area (Å²) >= 11 is 0. The van der Waals surface area contributed by atoms with Gasteiger partial charge in [-0.25, -0.2) is 4.79 Å². The fourth-order valence-electron chi connectivity index (χ4n) is 3.74. The molecule has 1 fully saturated rings. The van der Waals surface area contributed by atoms with E-state index in [4.69, 9.17) is 15.6 Å². The van der Waals surface area contributed by atoms with Crippen molar-refractivity contribution in [3.63, 3.8) is 0 Å². The predicted molar refractivity (Wildman–Crippen MR) is 117 cm³/mol. The Labute approximate surface area is 171 Å². The molecule has 0 saturated heterocycles. The van der Waals surface area contributed by atoms with Crippen LogP contribution in [0, 0.1) is 5.92 Å². The summed E-state index contributed by atoms with van der Waals surface area (Å²) in [5.41, 5.74) is 7.95. The largest absolute Gasteiger partial charge is 0.490 e. The highest BCUT2D eigenvalue weighted by Gasteiger charge is 2.21. The molecule has 0 spiro atoms. The maximum Gasteiger partial charge on any atom is 0.338 e. The van der Waals surface area contributed by atoms with Crippen LogP contribution in [-0.2, 0) is 4.79 Å². The number of ether oxygens (including phenoxy) is 1. The summed E-state index contributed by atoms with van der Waals surface area (Å²) in [5.74, 6) is 0.391. The summed E-state index contributed by atoms with van der Waals surface area (Å²) in [6, 6.07) is 15.7. The number of carboxylic acids is 1. The third kappa shape index (κ3) is 5.70. The number of hydrogen-bond acceptors (Lipinski definition) is 4. The van der Waals surface area contributed by atoms with Gasteiger partial charge in [-0.2, -0.15) is 0 Å². The Hall–Kier alpha value is -3.08. The maximum atomic E-state index is 11.0. The normalized spacial score (nSPS) is 16.7. The lowest BCUT2D eigenvalue weighted by Gasteiger charge is -2.28. The first kappa shape index (κ1) is 20.6. The van der Waals surface area contributed by atoms with Gasteiger partial charge in [-0.3, -0.25) is 4.99 Å². The van der Waals surface area contributed by atoms with Crippen molar-refractivity contribution in [3.8, 4) is 16.9 Å². The van der Waals surface area contributed by atoms with Crippen LogP contribution in [0.2, 0.25) is 0 Å². The third-order valence-corrected chi connectivity index (χ3v) is 5.43. The second-order valence-corrected chi connectivity index (χ2v) is 7.48. The van der Waals surface area contributed by atoms with Gasteiger partial charge >= 0.3 is 5.97 Å². The Morgan fingerprint density at radius 2 is 1.83 bits per heavy atom. The third-order valence-electron chi connectivity index (χ3n) is 5.43. The molecule has 3 rings (SSSR count). The van der Waals surface area contributed by atoms with Crippen LogP contribution in [0.15, 0.2) is 65.3 Å². The van der Waals surface area contributed by atoms with E-state index >= 15 is 0 Å². The number of carboxylic acid groups (broad SMARTS) is 1. The molecule has 0 amide bonds. The topological polar surface area (TPSA) is 84.9 Å². The van der Waals surface area contributed by atoms with Crippen molar-refractivity contribution >= 4 is 17.9 Å². The highest BCUT2D eigenvalue weighted by atomic mass is 16.5. The van der Waals surface area contributed by atoms with Crippen LogP contribution in [0.1, 0.15) is 39.0 Å². The molecule has 1 atom stereocenters. The van der Waals surface area contributed by atoms with E-state index in [2.05, 4.69) is 11.9 Å². The van der Waals surface area contributed by atoms with Crippen LogP contribution in [-0.4, -0.2) is 23.4 Å². The Kier molecular flexibility index (Phi) is 7.06. The van der Waals surface area contributed by atoms with E-state index in [1.165, 1.54) is 38.3 Å². The number of nitrogens with zero attached hydrogens (tertiary/aromatic N) is 1. The van der Waals surface area contributed by atoms with Crippen molar-refractivity contribution in [1.29, 1.82) is 0 Å². The molecule has 0 aromatic heterocycles. The molecule has 2 aromatic rings. The minimum atomic E-state index is -1.11. The first-order valence-corrected chi connectivity index (χ1v) is 10.1. The standard InChI is InChI=1S/C24H28N2O3/c1-17(18-7-3-2-4-8-18)29-23-12-6-10-20(14-23)19-9-5-11-22(13-19)26-16-21(15-25)24(27)28/h5-6,9-18H,2-4,7-8,25H2,1H3,(H,27,28). The number of benzene rings is 2. The van der Waals surface area contributed by atoms with Crippen molar-refractivity contribution in [3.05, 3.63) is 60.3 Å². The van der Waals surface area contributed by atoms with E-state index < -0.39 is 5.97 Å². The predicted octanol–water partition coefficient (Wildman–Crippen LogP) is 5.33. The molecule has 0 bridgehead atoms. The Morgan fingerprint density at radius 1 is 1.14 bits per heavy atom. The molecule has 0 radical (unpaired) electrons. The molecule has 152 valence electrons. The summed E-state index contributed by atoms with van der Waals surface area (Å²) in [4.78, 5) is 15.3. The summed E-state index contributed by atoms with van der Waals surface area (Å²) in [6.45, 7) is 2.17. The monoisotopic (exact) mass is 392 g/mol. The van der Waals surface area contributed by atoms with Gasteiger partial charge in [0.25, 0.3) is 0 Å². The molecule has 3 N–H and O–H groups in total. The molecule has 1 aliphatic carbocycles. The fraction of sp³-hybridized carbons (Fsp3) is 0.333. The van der Waals surface area contributed by atoms with E-state index in [1.807, 2.05) is 48.5 Å². The van der Waals surface area contributed by atoms with E-state index in [0.29, 0.717) is 11.6 Å². The molecule has 1 saturated carbocycles. The van der Waals surface area contributed by atoms with Crippen molar-refractivity contribution in [2.75, 3.05) is 0 Å². The number of hydrogen-bond donors (Lipinski definition) is 2. The first-order chi connectivity index (χ1) is 14.1. The fourth-order valence-corrected chi connectivity index (χ4v) is 3.74. The lowest BCUT2D eigenvalue weighted by molar-refractivity contribution is -0.132. The molecule has 5 nitrogen and oxygen atoms in total. The van der Waals surface area contributed by atoms with Gasteiger partial charge in [0.05, 0.1) is 17.4 Å². The molecule has 1 unspecified atom stereocenters. The number of aliphatic carboxylic acids is 1. The van der Waals surface area contributed by atoms with Crippen LogP contribution in [0.25, 0.3) is 11.1 Å². The minimum Gasteiger partial charge on any atom is -0.490 e. The van der Waals surface area contributed by atoms with Gasteiger partial charge < -0.3 is 15.6 Å². The highest BCUT2D eigenvalue weighted by molar-refractivity contribution is 6.08. The zero-order chi connectivity index (χ0) is 20.6. The van der Waals surface area contributed by atoms with Gasteiger partial charge in [-0.05, 0) is 61.1 Å². The minimum absolute atomic E-state index is 0.0532. The molecule has 29 heavy (non-hydrogen) atoms. The zero-order valence-corrected chi connectivity index (χ0v) is 16.8. The molecule has 2 aromatic carbocycles. The van der Waals surface area contributed by atoms with Crippen LogP contribution in [0.3, 0.4) is 0 Å². The van der Waals surface area contributed by atoms with Crippen LogP contribution >= 0.6 is 0 Å². The lowest BCUT2D eigenvalue weighted by atomic mass is 9.86. The number of aliphatic imine (C=N–C) groups is 1. The highest BCUT2D eigenvalue weighted by Crippen LogP contribution is 2.31. The van der Waals surface area contributed by atoms with E-state index in [-0.39, 0.29) is 11.7 Å². The molecular formula is C24H28N2O3. The van der Waals surface area contributed by atoms with Crippen molar-refractivity contribution < 1.29 is 14.6 Å². The summed E-state index contributed by atoms with van der Waals surface area (Å²) < 4.78 is 6.25. The van der Waals surface area contributed by atoms with Gasteiger partial charge in [0.15, 0.2) is 0 Å². The van der Waals surface area contributed by atoms with Gasteiger partial charge in [-0.1, -0.05) is 43.5 Å². The van der Waals surface area contributed by atoms with Gasteiger partial charge in [0.2, 0.25) is 0 Å². The van der Waals surface area contributed by atoms with Gasteiger partial charge in [0, 0.05) is 12.4 Å². The van der Waals surface area contributed by atoms with Crippen molar-refractivity contribution in [2.45, 2.75) is 45.1 Å². The van der Waals surface area contributed by atoms with Crippen molar-refractivity contribution in [1.82, 2.24) is 0 Å². The summed E-state index contributed by atoms with van der Waals surface area (Å²) in [6.07, 6.45) is 8.93. The lowest BCUT2D eigenvalue weighted by Crippen LogP contribution is -2.25. The van der Waals surface area contributed by atoms with Gasteiger partial charge in [-0.15, -0.1) is 0 Å². The van der Waals surface area contributed by atoms with Gasteiger partial charge in [0.1, 0.15) is 5.75 Å².